The topological polar surface area (TPSA) is 35.8 Å². The van der Waals surface area contributed by atoms with Crippen molar-refractivity contribution in [2.45, 2.75) is 19.1 Å². The van der Waals surface area contributed by atoms with E-state index >= 15 is 0 Å². The lowest BCUT2D eigenvalue weighted by Gasteiger charge is -2.08. The number of halogens is 4. The molecule has 17 heavy (non-hydrogen) atoms. The molecule has 0 saturated heterocycles. The maximum absolute atomic E-state index is 13.3. The van der Waals surface area contributed by atoms with Crippen molar-refractivity contribution in [2.75, 3.05) is 6.54 Å². The monoisotopic (exact) mass is 246 g/mol. The minimum Gasteiger partial charge on any atom is -0.312 e. The van der Waals surface area contributed by atoms with Crippen LogP contribution in [0.15, 0.2) is 18.2 Å². The Balaban J connectivity index is 2.45. The minimum atomic E-state index is -4.21. The Kier molecular flexibility index (Phi) is 4.46. The van der Waals surface area contributed by atoms with Crippen molar-refractivity contribution in [1.82, 2.24) is 5.32 Å². The van der Waals surface area contributed by atoms with Crippen molar-refractivity contribution >= 4 is 0 Å². The highest BCUT2D eigenvalue weighted by Crippen LogP contribution is 2.18. The van der Waals surface area contributed by atoms with E-state index in [4.69, 9.17) is 5.26 Å². The zero-order valence-electron chi connectivity index (χ0n) is 8.81. The van der Waals surface area contributed by atoms with Crippen LogP contribution in [0.3, 0.4) is 0 Å². The molecule has 1 rings (SSSR count). The molecule has 92 valence electrons. The summed E-state index contributed by atoms with van der Waals surface area (Å²) >= 11 is 0. The highest BCUT2D eigenvalue weighted by molar-refractivity contribution is 5.32. The molecular formula is C11H10F4N2. The Morgan fingerprint density at radius 3 is 2.53 bits per heavy atom. The summed E-state index contributed by atoms with van der Waals surface area (Å²) in [4.78, 5) is 0. The normalized spacial score (nSPS) is 11.2. The van der Waals surface area contributed by atoms with Gasteiger partial charge >= 0.3 is 6.18 Å². The molecule has 0 aliphatic heterocycles. The largest absolute Gasteiger partial charge is 0.390 e. The van der Waals surface area contributed by atoms with Gasteiger partial charge in [0.25, 0.3) is 0 Å². The molecule has 0 radical (unpaired) electrons. The van der Waals surface area contributed by atoms with Crippen LogP contribution in [0, 0.1) is 17.1 Å². The van der Waals surface area contributed by atoms with Crippen molar-refractivity contribution in [3.8, 4) is 6.07 Å². The van der Waals surface area contributed by atoms with Gasteiger partial charge in [-0.05, 0) is 12.1 Å². The summed E-state index contributed by atoms with van der Waals surface area (Å²) in [7, 11) is 0. The summed E-state index contributed by atoms with van der Waals surface area (Å²) in [5.74, 6) is -0.594. The SMILES string of the molecule is N#Cc1ccc(CNCCC(F)(F)F)c(F)c1. The zero-order valence-corrected chi connectivity index (χ0v) is 8.81. The fraction of sp³-hybridized carbons (Fsp3) is 0.364. The summed E-state index contributed by atoms with van der Waals surface area (Å²) in [5.41, 5.74) is 0.424. The molecule has 0 unspecified atom stereocenters. The molecule has 6 heteroatoms. The first-order chi connectivity index (χ1) is 7.92. The Bertz CT molecular complexity index is 420. The van der Waals surface area contributed by atoms with Gasteiger partial charge in [-0.2, -0.15) is 18.4 Å². The summed E-state index contributed by atoms with van der Waals surface area (Å²) in [6.45, 7) is -0.253. The number of hydrogen-bond acceptors (Lipinski definition) is 2. The van der Waals surface area contributed by atoms with Crippen molar-refractivity contribution in [3.63, 3.8) is 0 Å². The van der Waals surface area contributed by atoms with E-state index in [1.165, 1.54) is 12.1 Å². The van der Waals surface area contributed by atoms with E-state index in [1.807, 2.05) is 0 Å². The van der Waals surface area contributed by atoms with Crippen molar-refractivity contribution < 1.29 is 17.6 Å². The fourth-order valence-corrected chi connectivity index (χ4v) is 1.21. The van der Waals surface area contributed by atoms with Crippen LogP contribution >= 0.6 is 0 Å². The van der Waals surface area contributed by atoms with Crippen LogP contribution in [0.4, 0.5) is 17.6 Å². The molecule has 0 fully saturated rings. The Labute approximate surface area is 95.9 Å². The van der Waals surface area contributed by atoms with E-state index in [0.717, 1.165) is 6.07 Å². The lowest BCUT2D eigenvalue weighted by molar-refractivity contribution is -0.133. The van der Waals surface area contributed by atoms with Crippen LogP contribution < -0.4 is 5.32 Å². The molecule has 1 aromatic rings. The van der Waals surface area contributed by atoms with Crippen molar-refractivity contribution in [3.05, 3.63) is 35.1 Å². The number of nitrogens with zero attached hydrogens (tertiary/aromatic N) is 1. The van der Waals surface area contributed by atoms with Gasteiger partial charge in [0, 0.05) is 18.7 Å². The number of nitriles is 1. The second kappa shape index (κ2) is 5.64. The van der Waals surface area contributed by atoms with Crippen LogP contribution in [-0.4, -0.2) is 12.7 Å². The van der Waals surface area contributed by atoms with Gasteiger partial charge in [-0.1, -0.05) is 6.07 Å². The van der Waals surface area contributed by atoms with Gasteiger partial charge in [-0.3, -0.25) is 0 Å². The standard InChI is InChI=1S/C11H10F4N2/c12-10-5-8(6-16)1-2-9(10)7-17-4-3-11(13,14)15/h1-2,5,17H,3-4,7H2. The molecule has 0 bridgehead atoms. The van der Waals surface area contributed by atoms with Crippen molar-refractivity contribution in [1.29, 1.82) is 5.26 Å². The van der Waals surface area contributed by atoms with Crippen LogP contribution in [0.25, 0.3) is 0 Å². The number of hydrogen-bond donors (Lipinski definition) is 1. The van der Waals surface area contributed by atoms with Crippen LogP contribution in [0.2, 0.25) is 0 Å². The number of alkyl halides is 3. The second-order valence-corrected chi connectivity index (χ2v) is 3.46. The van der Waals surface area contributed by atoms with Gasteiger partial charge in [0.1, 0.15) is 5.82 Å². The summed E-state index contributed by atoms with van der Waals surface area (Å²) in [6.07, 6.45) is -5.17. The summed E-state index contributed by atoms with van der Waals surface area (Å²) in [5, 5.41) is 11.0. The molecule has 0 atom stereocenters. The first-order valence-corrected chi connectivity index (χ1v) is 4.88. The van der Waals surface area contributed by atoms with E-state index in [-0.39, 0.29) is 24.2 Å². The van der Waals surface area contributed by atoms with Crippen LogP contribution in [0.5, 0.6) is 0 Å². The molecule has 0 spiro atoms. The highest BCUT2D eigenvalue weighted by atomic mass is 19.4. The van der Waals surface area contributed by atoms with E-state index in [9.17, 15) is 17.6 Å². The Hall–Kier alpha value is -1.61. The third-order valence-electron chi connectivity index (χ3n) is 2.08. The number of benzene rings is 1. The van der Waals surface area contributed by atoms with Gasteiger partial charge in [0.2, 0.25) is 0 Å². The smallest absolute Gasteiger partial charge is 0.312 e. The quantitative estimate of drug-likeness (QED) is 0.655. The molecule has 1 aromatic carbocycles. The van der Waals surface area contributed by atoms with Gasteiger partial charge in [-0.25, -0.2) is 4.39 Å². The molecule has 0 saturated carbocycles. The molecule has 1 N–H and O–H groups in total. The number of rotatable bonds is 4. The maximum Gasteiger partial charge on any atom is 0.390 e. The van der Waals surface area contributed by atoms with Crippen LogP contribution in [-0.2, 0) is 6.54 Å². The van der Waals surface area contributed by atoms with Gasteiger partial charge < -0.3 is 5.32 Å². The minimum absolute atomic E-state index is 0.00756. The van der Waals surface area contributed by atoms with E-state index in [0.29, 0.717) is 0 Å². The first-order valence-electron chi connectivity index (χ1n) is 4.88. The predicted molar refractivity (Wildman–Crippen MR) is 53.5 cm³/mol. The lowest BCUT2D eigenvalue weighted by Crippen LogP contribution is -2.21. The van der Waals surface area contributed by atoms with E-state index in [2.05, 4.69) is 5.32 Å². The summed E-state index contributed by atoms with van der Waals surface area (Å²) in [6, 6.07) is 5.63. The molecule has 0 aliphatic carbocycles. The Morgan fingerprint density at radius 2 is 2.00 bits per heavy atom. The van der Waals surface area contributed by atoms with Gasteiger partial charge in [0.15, 0.2) is 0 Å². The third kappa shape index (κ3) is 4.83. The van der Waals surface area contributed by atoms with E-state index < -0.39 is 18.4 Å². The van der Waals surface area contributed by atoms with E-state index in [1.54, 1.807) is 6.07 Å². The molecule has 0 aromatic heterocycles. The molecule has 2 nitrogen and oxygen atoms in total. The Morgan fingerprint density at radius 1 is 1.29 bits per heavy atom. The summed E-state index contributed by atoms with van der Waals surface area (Å²) < 4.78 is 48.7. The predicted octanol–water partition coefficient (Wildman–Crippen LogP) is 2.74. The molecule has 0 aliphatic rings. The molecular weight excluding hydrogens is 236 g/mol. The number of nitrogens with one attached hydrogen (secondary N) is 1. The maximum atomic E-state index is 13.3. The molecule has 0 heterocycles. The van der Waals surface area contributed by atoms with Crippen LogP contribution in [0.1, 0.15) is 17.5 Å². The first kappa shape index (κ1) is 13.5. The zero-order chi connectivity index (χ0) is 12.9. The van der Waals surface area contributed by atoms with Gasteiger partial charge in [0.05, 0.1) is 18.1 Å². The fourth-order valence-electron chi connectivity index (χ4n) is 1.21. The average Bonchev–Trinajstić information content (AvgIpc) is 2.24. The second-order valence-electron chi connectivity index (χ2n) is 3.46. The van der Waals surface area contributed by atoms with Gasteiger partial charge in [-0.15, -0.1) is 0 Å². The highest BCUT2D eigenvalue weighted by Gasteiger charge is 2.25. The molecule has 0 amide bonds. The lowest BCUT2D eigenvalue weighted by atomic mass is 10.1. The third-order valence-corrected chi connectivity index (χ3v) is 2.08. The van der Waals surface area contributed by atoms with Crippen molar-refractivity contribution in [2.24, 2.45) is 0 Å². The average molecular weight is 246 g/mol.